The van der Waals surface area contributed by atoms with Crippen molar-refractivity contribution >= 4 is 27.8 Å². The van der Waals surface area contributed by atoms with E-state index < -0.39 is 0 Å². The largest absolute Gasteiger partial charge is 0.437 e. The molecule has 0 saturated heterocycles. The fourth-order valence-electron chi connectivity index (χ4n) is 3.93. The van der Waals surface area contributed by atoms with Gasteiger partial charge in [-0.3, -0.25) is 4.98 Å². The Morgan fingerprint density at radius 1 is 0.833 bits per heavy atom. The molecule has 2 aromatic carbocycles. The van der Waals surface area contributed by atoms with Crippen LogP contribution in [0.3, 0.4) is 0 Å². The van der Waals surface area contributed by atoms with Crippen molar-refractivity contribution in [1.29, 1.82) is 0 Å². The molecule has 0 fully saturated rings. The third-order valence-electron chi connectivity index (χ3n) is 5.53. The van der Waals surface area contributed by atoms with Crippen molar-refractivity contribution < 1.29 is 4.42 Å². The van der Waals surface area contributed by atoms with Crippen LogP contribution in [0, 0.1) is 27.3 Å². The molecular formula is C26H19N3O. The Morgan fingerprint density at radius 2 is 1.70 bits per heavy atom. The van der Waals surface area contributed by atoms with E-state index >= 15 is 0 Å². The number of hydrogen-bond acceptors (Lipinski definition) is 3. The van der Waals surface area contributed by atoms with Gasteiger partial charge in [0.25, 0.3) is 0 Å². The SMILES string of the molecule is [C-]#[N+]c1ccc(C)c(-c2cnc(-c3cccc4c3oc3nc(C)ccc34)cc2C)c1. The van der Waals surface area contributed by atoms with Crippen LogP contribution in [-0.4, -0.2) is 9.97 Å². The molecule has 5 rings (SSSR count). The predicted octanol–water partition coefficient (Wildman–Crippen LogP) is 7.19. The van der Waals surface area contributed by atoms with Crippen LogP contribution in [0.25, 0.3) is 49.3 Å². The Bertz CT molecular complexity index is 1490. The topological polar surface area (TPSA) is 43.3 Å². The summed E-state index contributed by atoms with van der Waals surface area (Å²) < 4.78 is 6.14. The van der Waals surface area contributed by atoms with Gasteiger partial charge in [0.2, 0.25) is 5.71 Å². The summed E-state index contributed by atoms with van der Waals surface area (Å²) in [6.07, 6.45) is 1.89. The van der Waals surface area contributed by atoms with E-state index in [1.165, 1.54) is 0 Å². The summed E-state index contributed by atoms with van der Waals surface area (Å²) in [6.45, 7) is 13.4. The molecule has 4 heteroatoms. The Morgan fingerprint density at radius 3 is 2.50 bits per heavy atom. The summed E-state index contributed by atoms with van der Waals surface area (Å²) in [7, 11) is 0. The van der Waals surface area contributed by atoms with Crippen molar-refractivity contribution in [3.63, 3.8) is 0 Å². The van der Waals surface area contributed by atoms with Gasteiger partial charge in [0.15, 0.2) is 5.69 Å². The maximum Gasteiger partial charge on any atom is 0.227 e. The number of fused-ring (bicyclic) bond motifs is 3. The molecule has 3 aromatic heterocycles. The first kappa shape index (κ1) is 18.1. The van der Waals surface area contributed by atoms with Crippen molar-refractivity contribution in [2.45, 2.75) is 20.8 Å². The van der Waals surface area contributed by atoms with E-state index in [1.807, 2.05) is 49.5 Å². The van der Waals surface area contributed by atoms with Crippen LogP contribution in [0.1, 0.15) is 16.8 Å². The van der Waals surface area contributed by atoms with Crippen LogP contribution >= 0.6 is 0 Å². The highest BCUT2D eigenvalue weighted by Gasteiger charge is 2.15. The van der Waals surface area contributed by atoms with Gasteiger partial charge >= 0.3 is 0 Å². The third-order valence-corrected chi connectivity index (χ3v) is 5.53. The highest BCUT2D eigenvalue weighted by Crippen LogP contribution is 2.36. The van der Waals surface area contributed by atoms with Crippen LogP contribution in [-0.2, 0) is 0 Å². The molecule has 0 bridgehead atoms. The lowest BCUT2D eigenvalue weighted by Gasteiger charge is -2.11. The van der Waals surface area contributed by atoms with Crippen molar-refractivity contribution in [2.24, 2.45) is 0 Å². The van der Waals surface area contributed by atoms with E-state index in [4.69, 9.17) is 16.0 Å². The Kier molecular flexibility index (Phi) is 4.11. The van der Waals surface area contributed by atoms with Gasteiger partial charge in [-0.25, -0.2) is 9.83 Å². The summed E-state index contributed by atoms with van der Waals surface area (Å²) in [5.74, 6) is 0. The van der Waals surface area contributed by atoms with Gasteiger partial charge in [-0.15, -0.1) is 0 Å². The van der Waals surface area contributed by atoms with E-state index in [9.17, 15) is 0 Å². The third kappa shape index (κ3) is 2.84. The molecule has 0 aliphatic heterocycles. The molecule has 0 radical (unpaired) electrons. The Balaban J connectivity index is 1.68. The van der Waals surface area contributed by atoms with Crippen LogP contribution in [0.5, 0.6) is 0 Å². The summed E-state index contributed by atoms with van der Waals surface area (Å²) in [4.78, 5) is 12.9. The molecule has 30 heavy (non-hydrogen) atoms. The number of aromatic nitrogens is 2. The quantitative estimate of drug-likeness (QED) is 0.300. The lowest BCUT2D eigenvalue weighted by atomic mass is 9.96. The number of rotatable bonds is 2. The molecule has 0 spiro atoms. The van der Waals surface area contributed by atoms with Crippen LogP contribution in [0.15, 0.2) is 65.2 Å². The second-order valence-corrected chi connectivity index (χ2v) is 7.59. The molecule has 0 N–H and O–H groups in total. The number of hydrogen-bond donors (Lipinski definition) is 0. The van der Waals surface area contributed by atoms with E-state index in [2.05, 4.69) is 41.9 Å². The van der Waals surface area contributed by atoms with Gasteiger partial charge < -0.3 is 4.42 Å². The standard InChI is InChI=1S/C26H19N3O/c1-15-8-10-18(27-4)13-22(15)23-14-28-24(12-16(23)2)21-7-5-6-19-20-11-9-17(3)29-26(20)30-25(19)21/h5-14H,1-3H3. The fraction of sp³-hybridized carbons (Fsp3) is 0.115. The molecule has 3 heterocycles. The zero-order chi connectivity index (χ0) is 20.8. The highest BCUT2D eigenvalue weighted by molar-refractivity contribution is 6.08. The van der Waals surface area contributed by atoms with Crippen molar-refractivity contribution in [1.82, 2.24) is 9.97 Å². The molecule has 0 atom stereocenters. The maximum absolute atomic E-state index is 7.30. The first-order chi connectivity index (χ1) is 14.5. The van der Waals surface area contributed by atoms with Gasteiger partial charge in [-0.05, 0) is 67.8 Å². The highest BCUT2D eigenvalue weighted by atomic mass is 16.3. The molecule has 0 aliphatic rings. The summed E-state index contributed by atoms with van der Waals surface area (Å²) in [6, 6.07) is 18.0. The van der Waals surface area contributed by atoms with Gasteiger partial charge in [0.05, 0.1) is 12.3 Å². The molecule has 0 saturated carbocycles. The number of furan rings is 1. The van der Waals surface area contributed by atoms with Gasteiger partial charge in [-0.1, -0.05) is 24.3 Å². The van der Waals surface area contributed by atoms with Crippen LogP contribution in [0.4, 0.5) is 5.69 Å². The number of aryl methyl sites for hydroxylation is 3. The minimum Gasteiger partial charge on any atom is -0.437 e. The molecule has 0 unspecified atom stereocenters. The lowest BCUT2D eigenvalue weighted by Crippen LogP contribution is -1.92. The van der Waals surface area contributed by atoms with E-state index in [1.54, 1.807) is 0 Å². The first-order valence-electron chi connectivity index (χ1n) is 9.79. The number of pyridine rings is 2. The summed E-state index contributed by atoms with van der Waals surface area (Å²) in [5.41, 5.74) is 9.13. The number of nitrogens with zero attached hydrogens (tertiary/aromatic N) is 3. The van der Waals surface area contributed by atoms with Gasteiger partial charge in [-0.2, -0.15) is 0 Å². The predicted molar refractivity (Wildman–Crippen MR) is 121 cm³/mol. The van der Waals surface area contributed by atoms with Crippen molar-refractivity contribution in [2.75, 3.05) is 0 Å². The van der Waals surface area contributed by atoms with E-state index in [0.29, 0.717) is 11.4 Å². The first-order valence-corrected chi connectivity index (χ1v) is 9.79. The second-order valence-electron chi connectivity index (χ2n) is 7.59. The minimum atomic E-state index is 0.633. The van der Waals surface area contributed by atoms with E-state index in [0.717, 1.165) is 55.6 Å². The molecule has 144 valence electrons. The van der Waals surface area contributed by atoms with Crippen molar-refractivity contribution in [3.8, 4) is 22.4 Å². The van der Waals surface area contributed by atoms with Gasteiger partial charge in [0, 0.05) is 33.8 Å². The zero-order valence-corrected chi connectivity index (χ0v) is 17.0. The normalized spacial score (nSPS) is 11.1. The molecule has 0 aliphatic carbocycles. The summed E-state index contributed by atoms with van der Waals surface area (Å²) >= 11 is 0. The zero-order valence-electron chi connectivity index (χ0n) is 17.0. The molecular weight excluding hydrogens is 370 g/mol. The number of para-hydroxylation sites is 1. The maximum atomic E-state index is 7.30. The molecule has 5 aromatic rings. The second kappa shape index (κ2) is 6.82. The average Bonchev–Trinajstić information content (AvgIpc) is 3.12. The fourth-order valence-corrected chi connectivity index (χ4v) is 3.93. The van der Waals surface area contributed by atoms with Crippen molar-refractivity contribution in [3.05, 3.63) is 89.0 Å². The molecule has 4 nitrogen and oxygen atoms in total. The lowest BCUT2D eigenvalue weighted by molar-refractivity contribution is 0.653. The average molecular weight is 389 g/mol. The number of benzene rings is 2. The monoisotopic (exact) mass is 389 g/mol. The van der Waals surface area contributed by atoms with E-state index in [-0.39, 0.29) is 0 Å². The smallest absolute Gasteiger partial charge is 0.227 e. The summed E-state index contributed by atoms with van der Waals surface area (Å²) in [5, 5.41) is 2.05. The Labute approximate surface area is 174 Å². The van der Waals surface area contributed by atoms with Crippen LogP contribution < -0.4 is 0 Å². The van der Waals surface area contributed by atoms with Crippen LogP contribution in [0.2, 0.25) is 0 Å². The Hall–Kier alpha value is -3.97. The van der Waals surface area contributed by atoms with Gasteiger partial charge in [0.1, 0.15) is 5.58 Å². The molecule has 0 amide bonds. The minimum absolute atomic E-state index is 0.633.